The van der Waals surface area contributed by atoms with E-state index in [0.717, 1.165) is 10.8 Å². The molecular formula is C28H43N7O4. The van der Waals surface area contributed by atoms with Crippen LogP contribution in [0.15, 0.2) is 41.4 Å². The predicted octanol–water partition coefficient (Wildman–Crippen LogP) is 1.84. The number of carbonyl (C=O) groups is 3. The number of anilines is 1. The summed E-state index contributed by atoms with van der Waals surface area (Å²) in [7, 11) is 1.56. The molecule has 0 bridgehead atoms. The zero-order valence-corrected chi connectivity index (χ0v) is 23.5. The largest absolute Gasteiger partial charge is 0.496 e. The minimum Gasteiger partial charge on any atom is -0.496 e. The van der Waals surface area contributed by atoms with Gasteiger partial charge in [-0.2, -0.15) is 0 Å². The third-order valence-electron chi connectivity index (χ3n) is 6.25. The topological polar surface area (TPSA) is 187 Å². The standard InChI is InChI=1S/C28H43N7O4/c1-16(2)13-22(35-27(38)24(29)17(3)4)26(37)34-21(11-8-12-32-28(30)31)25(36)33-19-14-18-9-6-7-10-20(18)23(15-19)39-5/h6-7,9-10,14-17,21-22,24H,8,11-13,29H2,1-5H3,(H,33,36)(H,34,37)(H,35,38)(H4,30,31,32)/t21-,22-,24+/m0/s1. The van der Waals surface area contributed by atoms with E-state index >= 15 is 0 Å². The molecule has 2 aromatic rings. The Kier molecular flexibility index (Phi) is 12.0. The fourth-order valence-electron chi connectivity index (χ4n) is 4.06. The lowest BCUT2D eigenvalue weighted by atomic mass is 10.00. The van der Waals surface area contributed by atoms with Crippen LogP contribution >= 0.6 is 0 Å². The molecule has 39 heavy (non-hydrogen) atoms. The van der Waals surface area contributed by atoms with Gasteiger partial charge in [-0.3, -0.25) is 19.4 Å². The predicted molar refractivity (Wildman–Crippen MR) is 155 cm³/mol. The van der Waals surface area contributed by atoms with E-state index in [4.69, 9.17) is 21.9 Å². The molecule has 3 amide bonds. The van der Waals surface area contributed by atoms with Crippen molar-refractivity contribution >= 4 is 40.1 Å². The molecule has 3 atom stereocenters. The molecular weight excluding hydrogens is 498 g/mol. The molecule has 0 aliphatic rings. The van der Waals surface area contributed by atoms with Crippen LogP contribution < -0.4 is 37.9 Å². The Bertz CT molecular complexity index is 1160. The van der Waals surface area contributed by atoms with E-state index in [0.29, 0.717) is 30.8 Å². The first kappa shape index (κ1) is 31.4. The van der Waals surface area contributed by atoms with Crippen molar-refractivity contribution < 1.29 is 19.1 Å². The first-order valence-electron chi connectivity index (χ1n) is 13.2. The average Bonchev–Trinajstić information content (AvgIpc) is 2.88. The summed E-state index contributed by atoms with van der Waals surface area (Å²) in [6.45, 7) is 7.85. The zero-order valence-electron chi connectivity index (χ0n) is 23.5. The molecule has 214 valence electrons. The highest BCUT2D eigenvalue weighted by Crippen LogP contribution is 2.29. The van der Waals surface area contributed by atoms with E-state index < -0.39 is 35.8 Å². The smallest absolute Gasteiger partial charge is 0.246 e. The van der Waals surface area contributed by atoms with E-state index in [9.17, 15) is 14.4 Å². The van der Waals surface area contributed by atoms with Crippen molar-refractivity contribution in [1.29, 1.82) is 0 Å². The van der Waals surface area contributed by atoms with Crippen LogP contribution in [-0.4, -0.2) is 55.5 Å². The molecule has 0 aliphatic carbocycles. The quantitative estimate of drug-likeness (QED) is 0.120. The third kappa shape index (κ3) is 9.75. The van der Waals surface area contributed by atoms with Gasteiger partial charge in [0.25, 0.3) is 0 Å². The van der Waals surface area contributed by atoms with Crippen molar-refractivity contribution in [2.24, 2.45) is 34.0 Å². The summed E-state index contributed by atoms with van der Waals surface area (Å²) in [5, 5.41) is 10.3. The fraction of sp³-hybridized carbons (Fsp3) is 0.500. The number of fused-ring (bicyclic) bond motifs is 1. The first-order valence-corrected chi connectivity index (χ1v) is 13.2. The maximum absolute atomic E-state index is 13.4. The molecule has 2 aromatic carbocycles. The van der Waals surface area contributed by atoms with Crippen LogP contribution in [0.5, 0.6) is 5.75 Å². The number of nitrogens with one attached hydrogen (secondary N) is 3. The molecule has 11 nitrogen and oxygen atoms in total. The summed E-state index contributed by atoms with van der Waals surface area (Å²) >= 11 is 0. The van der Waals surface area contributed by atoms with E-state index in [1.54, 1.807) is 13.2 Å². The number of hydrogen-bond donors (Lipinski definition) is 6. The van der Waals surface area contributed by atoms with Gasteiger partial charge < -0.3 is 37.9 Å². The van der Waals surface area contributed by atoms with Gasteiger partial charge in [0.2, 0.25) is 17.7 Å². The van der Waals surface area contributed by atoms with Gasteiger partial charge in [-0.25, -0.2) is 0 Å². The molecule has 0 spiro atoms. The number of carbonyl (C=O) groups excluding carboxylic acids is 3. The van der Waals surface area contributed by atoms with Gasteiger partial charge in [-0.15, -0.1) is 0 Å². The number of guanidine groups is 1. The average molecular weight is 542 g/mol. The fourth-order valence-corrected chi connectivity index (χ4v) is 4.06. The van der Waals surface area contributed by atoms with Crippen molar-refractivity contribution in [3.63, 3.8) is 0 Å². The van der Waals surface area contributed by atoms with Crippen molar-refractivity contribution in [3.05, 3.63) is 36.4 Å². The van der Waals surface area contributed by atoms with Gasteiger partial charge in [0.15, 0.2) is 5.96 Å². The molecule has 11 heteroatoms. The lowest BCUT2D eigenvalue weighted by Gasteiger charge is -2.26. The Morgan fingerprint density at radius 1 is 0.949 bits per heavy atom. The van der Waals surface area contributed by atoms with Crippen LogP contribution in [0.25, 0.3) is 10.8 Å². The van der Waals surface area contributed by atoms with E-state index in [2.05, 4.69) is 20.9 Å². The Morgan fingerprint density at radius 3 is 2.23 bits per heavy atom. The molecule has 0 saturated carbocycles. The van der Waals surface area contributed by atoms with Crippen molar-refractivity contribution in [1.82, 2.24) is 10.6 Å². The van der Waals surface area contributed by atoms with Crippen molar-refractivity contribution in [2.45, 2.75) is 65.1 Å². The van der Waals surface area contributed by atoms with Gasteiger partial charge >= 0.3 is 0 Å². The Balaban J connectivity index is 2.26. The number of benzene rings is 2. The molecule has 0 aromatic heterocycles. The lowest BCUT2D eigenvalue weighted by molar-refractivity contribution is -0.132. The van der Waals surface area contributed by atoms with Gasteiger partial charge in [0, 0.05) is 23.7 Å². The van der Waals surface area contributed by atoms with E-state index in [1.165, 1.54) is 0 Å². The summed E-state index contributed by atoms with van der Waals surface area (Å²) in [6, 6.07) is 8.71. The summed E-state index contributed by atoms with van der Waals surface area (Å²) in [6.07, 6.45) is 1.09. The van der Waals surface area contributed by atoms with Gasteiger partial charge in [-0.1, -0.05) is 52.0 Å². The lowest BCUT2D eigenvalue weighted by Crippen LogP contribution is -2.56. The van der Waals surface area contributed by atoms with Crippen LogP contribution in [0, 0.1) is 11.8 Å². The second kappa shape index (κ2) is 14.9. The molecule has 2 rings (SSSR count). The van der Waals surface area contributed by atoms with E-state index in [1.807, 2.05) is 58.0 Å². The monoisotopic (exact) mass is 541 g/mol. The Hall–Kier alpha value is -3.86. The number of amides is 3. The van der Waals surface area contributed by atoms with Crippen molar-refractivity contribution in [3.8, 4) is 5.75 Å². The highest BCUT2D eigenvalue weighted by atomic mass is 16.5. The summed E-state index contributed by atoms with van der Waals surface area (Å²) < 4.78 is 5.51. The normalized spacial score (nSPS) is 13.4. The van der Waals surface area contributed by atoms with Crippen LogP contribution in [0.1, 0.15) is 47.0 Å². The second-order valence-corrected chi connectivity index (χ2v) is 10.4. The Morgan fingerprint density at radius 2 is 1.62 bits per heavy atom. The van der Waals surface area contributed by atoms with E-state index in [-0.39, 0.29) is 24.2 Å². The number of aliphatic imine (C=N–C) groups is 1. The van der Waals surface area contributed by atoms with Crippen molar-refractivity contribution in [2.75, 3.05) is 19.0 Å². The third-order valence-corrected chi connectivity index (χ3v) is 6.25. The molecule has 0 unspecified atom stereocenters. The number of rotatable bonds is 14. The molecule has 0 aliphatic heterocycles. The molecule has 0 radical (unpaired) electrons. The molecule has 0 heterocycles. The van der Waals surface area contributed by atoms with Crippen LogP contribution in [0.2, 0.25) is 0 Å². The number of hydrogen-bond acceptors (Lipinski definition) is 6. The molecule has 0 fully saturated rings. The summed E-state index contributed by atoms with van der Waals surface area (Å²) in [5.41, 5.74) is 17.4. The number of nitrogens with zero attached hydrogens (tertiary/aromatic N) is 1. The van der Waals surface area contributed by atoms with Crippen LogP contribution in [0.4, 0.5) is 5.69 Å². The van der Waals surface area contributed by atoms with Gasteiger partial charge in [0.1, 0.15) is 17.8 Å². The summed E-state index contributed by atoms with van der Waals surface area (Å²) in [5.74, 6) is -0.730. The maximum atomic E-state index is 13.4. The van der Waals surface area contributed by atoms with Gasteiger partial charge in [0.05, 0.1) is 13.2 Å². The zero-order chi connectivity index (χ0) is 29.1. The molecule has 9 N–H and O–H groups in total. The van der Waals surface area contributed by atoms with Crippen LogP contribution in [0.3, 0.4) is 0 Å². The SMILES string of the molecule is COc1cc(NC(=O)[C@H](CCCN=C(N)N)NC(=O)[C@H](CC(C)C)NC(=O)[C@H](N)C(C)C)cc2ccccc12. The maximum Gasteiger partial charge on any atom is 0.246 e. The summed E-state index contributed by atoms with van der Waals surface area (Å²) in [4.78, 5) is 43.4. The second-order valence-electron chi connectivity index (χ2n) is 10.4. The Labute approximate surface area is 230 Å². The number of ether oxygens (including phenoxy) is 1. The highest BCUT2D eigenvalue weighted by molar-refractivity contribution is 6.01. The number of nitrogens with two attached hydrogens (primary N) is 3. The minimum absolute atomic E-state index is 0.0514. The molecule has 0 saturated heterocycles. The number of methoxy groups -OCH3 is 1. The first-order chi connectivity index (χ1) is 18.4. The minimum atomic E-state index is -0.908. The van der Waals surface area contributed by atoms with Gasteiger partial charge in [-0.05, 0) is 42.6 Å². The van der Waals surface area contributed by atoms with Crippen LogP contribution in [-0.2, 0) is 14.4 Å². The highest BCUT2D eigenvalue weighted by Gasteiger charge is 2.29.